The van der Waals surface area contributed by atoms with Crippen molar-refractivity contribution in [3.05, 3.63) is 0 Å². The van der Waals surface area contributed by atoms with E-state index in [0.717, 1.165) is 0 Å². The Kier molecular flexibility index (Phi) is 4.52. The van der Waals surface area contributed by atoms with Crippen LogP contribution in [0.1, 0.15) is 6.92 Å². The summed E-state index contributed by atoms with van der Waals surface area (Å²) in [7, 11) is 0. The fraction of sp³-hybridized carbons (Fsp3) is 0.909. The van der Waals surface area contributed by atoms with Gasteiger partial charge < -0.3 is 19.3 Å². The lowest BCUT2D eigenvalue weighted by Gasteiger charge is -2.36. The molecule has 0 radical (unpaired) electrons. The molecule has 2 fully saturated rings. The molecule has 0 bridgehead atoms. The molecule has 2 heterocycles. The molecule has 0 aliphatic carbocycles. The Morgan fingerprint density at radius 3 is 2.28 bits per heavy atom. The zero-order valence-electron chi connectivity index (χ0n) is 10.5. The first-order valence-corrected chi connectivity index (χ1v) is 6.17. The van der Waals surface area contributed by atoms with Crippen LogP contribution in [-0.2, 0) is 19.0 Å². The first-order valence-electron chi connectivity index (χ1n) is 6.17. The third-order valence-electron chi connectivity index (χ3n) is 3.29. The molecule has 0 saturated carbocycles. The molecule has 2 atom stereocenters. The van der Waals surface area contributed by atoms with E-state index in [-0.39, 0.29) is 13.2 Å². The van der Waals surface area contributed by atoms with Gasteiger partial charge in [-0.1, -0.05) is 0 Å². The molecule has 18 heavy (non-hydrogen) atoms. The summed E-state index contributed by atoms with van der Waals surface area (Å²) in [4.78, 5) is 12.2. The zero-order chi connectivity index (χ0) is 13.0. The van der Waals surface area contributed by atoms with Crippen LogP contribution in [0, 0.1) is 5.41 Å². The Morgan fingerprint density at radius 1 is 1.33 bits per heavy atom. The van der Waals surface area contributed by atoms with Crippen LogP contribution < -0.4 is 10.6 Å². The summed E-state index contributed by atoms with van der Waals surface area (Å²) in [5, 5.41) is 15.0. The predicted molar refractivity (Wildman–Crippen MR) is 61.6 cm³/mol. The SMILES string of the molecule is CC(C(=O)OCCO)(C1NCCO1)C1NCCO1. The van der Waals surface area contributed by atoms with Gasteiger partial charge in [-0.3, -0.25) is 15.4 Å². The summed E-state index contributed by atoms with van der Waals surface area (Å²) in [5.41, 5.74) is -0.970. The smallest absolute Gasteiger partial charge is 0.320 e. The van der Waals surface area contributed by atoms with Crippen LogP contribution in [0.15, 0.2) is 0 Å². The maximum Gasteiger partial charge on any atom is 0.320 e. The summed E-state index contributed by atoms with van der Waals surface area (Å²) in [6.45, 7) is 4.04. The van der Waals surface area contributed by atoms with Gasteiger partial charge in [-0.05, 0) is 6.92 Å². The van der Waals surface area contributed by atoms with Crippen LogP contribution >= 0.6 is 0 Å². The van der Waals surface area contributed by atoms with E-state index in [0.29, 0.717) is 26.3 Å². The van der Waals surface area contributed by atoms with Crippen molar-refractivity contribution >= 4 is 5.97 Å². The number of esters is 1. The molecule has 0 aromatic rings. The Hall–Kier alpha value is -0.730. The minimum Gasteiger partial charge on any atom is -0.463 e. The molecule has 2 unspecified atom stereocenters. The number of carbonyl (C=O) groups excluding carboxylic acids is 1. The lowest BCUT2D eigenvalue weighted by Crippen LogP contribution is -2.57. The van der Waals surface area contributed by atoms with Gasteiger partial charge in [0.2, 0.25) is 0 Å². The molecule has 0 amide bonds. The Labute approximate surface area is 106 Å². The fourth-order valence-corrected chi connectivity index (χ4v) is 2.27. The highest BCUT2D eigenvalue weighted by Crippen LogP contribution is 2.32. The molecule has 104 valence electrons. The van der Waals surface area contributed by atoms with E-state index in [1.807, 2.05) is 0 Å². The number of hydrogen-bond acceptors (Lipinski definition) is 7. The van der Waals surface area contributed by atoms with Crippen LogP contribution in [0.4, 0.5) is 0 Å². The number of carbonyl (C=O) groups is 1. The van der Waals surface area contributed by atoms with Gasteiger partial charge in [0.25, 0.3) is 0 Å². The van der Waals surface area contributed by atoms with Crippen LogP contribution in [0.25, 0.3) is 0 Å². The van der Waals surface area contributed by atoms with Gasteiger partial charge in [0.05, 0.1) is 19.8 Å². The molecule has 3 N–H and O–H groups in total. The first kappa shape index (κ1) is 13.7. The fourth-order valence-electron chi connectivity index (χ4n) is 2.27. The summed E-state index contributed by atoms with van der Waals surface area (Å²) in [6, 6.07) is 0. The summed E-state index contributed by atoms with van der Waals surface area (Å²) in [6.07, 6.45) is -0.890. The zero-order valence-corrected chi connectivity index (χ0v) is 10.5. The van der Waals surface area contributed by atoms with E-state index in [1.165, 1.54) is 0 Å². The normalized spacial score (nSPS) is 31.2. The van der Waals surface area contributed by atoms with Crippen molar-refractivity contribution in [2.45, 2.75) is 19.4 Å². The molecule has 0 aromatic heterocycles. The molecule has 2 saturated heterocycles. The Bertz CT molecular complexity index is 271. The van der Waals surface area contributed by atoms with E-state index in [4.69, 9.17) is 19.3 Å². The van der Waals surface area contributed by atoms with Crippen LogP contribution in [0.5, 0.6) is 0 Å². The Morgan fingerprint density at radius 2 is 1.89 bits per heavy atom. The molecule has 0 aromatic carbocycles. The van der Waals surface area contributed by atoms with E-state index >= 15 is 0 Å². The lowest BCUT2D eigenvalue weighted by molar-refractivity contribution is -0.179. The largest absolute Gasteiger partial charge is 0.463 e. The van der Waals surface area contributed by atoms with Crippen LogP contribution in [-0.4, -0.2) is 63.0 Å². The van der Waals surface area contributed by atoms with Crippen LogP contribution in [0.2, 0.25) is 0 Å². The van der Waals surface area contributed by atoms with Gasteiger partial charge in [-0.25, -0.2) is 0 Å². The van der Waals surface area contributed by atoms with Gasteiger partial charge in [0.1, 0.15) is 24.5 Å². The van der Waals surface area contributed by atoms with Crippen LogP contribution in [0.3, 0.4) is 0 Å². The van der Waals surface area contributed by atoms with Crippen molar-refractivity contribution in [2.75, 3.05) is 39.5 Å². The first-order chi connectivity index (χ1) is 8.69. The van der Waals surface area contributed by atoms with Gasteiger partial charge in [0.15, 0.2) is 0 Å². The second-order valence-corrected chi connectivity index (χ2v) is 4.55. The van der Waals surface area contributed by atoms with Crippen molar-refractivity contribution < 1.29 is 24.1 Å². The molecule has 2 rings (SSSR count). The monoisotopic (exact) mass is 260 g/mol. The number of rotatable bonds is 5. The molecule has 0 spiro atoms. The third-order valence-corrected chi connectivity index (χ3v) is 3.29. The van der Waals surface area contributed by atoms with Crippen molar-refractivity contribution in [1.29, 1.82) is 0 Å². The molecule has 2 aliphatic rings. The van der Waals surface area contributed by atoms with E-state index < -0.39 is 23.8 Å². The van der Waals surface area contributed by atoms with Crippen molar-refractivity contribution in [2.24, 2.45) is 5.41 Å². The van der Waals surface area contributed by atoms with E-state index in [2.05, 4.69) is 10.6 Å². The van der Waals surface area contributed by atoms with Gasteiger partial charge in [-0.15, -0.1) is 0 Å². The van der Waals surface area contributed by atoms with Gasteiger partial charge in [-0.2, -0.15) is 0 Å². The molecular formula is C11H20N2O5. The summed E-state index contributed by atoms with van der Waals surface area (Å²) >= 11 is 0. The average molecular weight is 260 g/mol. The lowest BCUT2D eigenvalue weighted by atomic mass is 9.86. The van der Waals surface area contributed by atoms with E-state index in [1.54, 1.807) is 6.92 Å². The highest BCUT2D eigenvalue weighted by Gasteiger charge is 2.53. The van der Waals surface area contributed by atoms with Gasteiger partial charge >= 0.3 is 5.97 Å². The molecular weight excluding hydrogens is 240 g/mol. The van der Waals surface area contributed by atoms with Gasteiger partial charge in [0, 0.05) is 13.1 Å². The quantitative estimate of drug-likeness (QED) is 0.514. The van der Waals surface area contributed by atoms with E-state index in [9.17, 15) is 4.79 Å². The topological polar surface area (TPSA) is 89.1 Å². The molecule has 7 heteroatoms. The second-order valence-electron chi connectivity index (χ2n) is 4.55. The maximum absolute atomic E-state index is 12.2. The van der Waals surface area contributed by atoms with Crippen molar-refractivity contribution in [3.63, 3.8) is 0 Å². The molecule has 2 aliphatic heterocycles. The minimum atomic E-state index is -0.970. The Balaban J connectivity index is 2.12. The summed E-state index contributed by atoms with van der Waals surface area (Å²) < 4.78 is 16.1. The molecule has 7 nitrogen and oxygen atoms in total. The number of ether oxygens (including phenoxy) is 3. The summed E-state index contributed by atoms with van der Waals surface area (Å²) in [5.74, 6) is -0.435. The van der Waals surface area contributed by atoms with Crippen molar-refractivity contribution in [3.8, 4) is 0 Å². The number of hydrogen-bond donors (Lipinski definition) is 3. The highest BCUT2D eigenvalue weighted by molar-refractivity contribution is 5.78. The maximum atomic E-state index is 12.2. The number of aliphatic hydroxyl groups is 1. The third kappa shape index (κ3) is 2.50. The second kappa shape index (κ2) is 5.94. The van der Waals surface area contributed by atoms with Crippen molar-refractivity contribution in [1.82, 2.24) is 10.6 Å². The number of nitrogens with one attached hydrogen (secondary N) is 2. The number of aliphatic hydroxyl groups excluding tert-OH is 1. The predicted octanol–water partition coefficient (Wildman–Crippen LogP) is -1.58. The standard InChI is InChI=1S/C11H20N2O5/c1-11(8-12-2-5-16-8,9-13-3-6-17-9)10(15)18-7-4-14/h8-9,12-14H,2-7H2,1H3. The minimum absolute atomic E-state index is 0.0200. The highest BCUT2D eigenvalue weighted by atomic mass is 16.6. The average Bonchev–Trinajstić information content (AvgIpc) is 3.05.